The van der Waals surface area contributed by atoms with Crippen molar-refractivity contribution in [3.05, 3.63) is 64.8 Å². The molecule has 0 amide bonds. The molecule has 1 aromatic carbocycles. The highest BCUT2D eigenvalue weighted by Gasteiger charge is 2.22. The first-order valence-electron chi connectivity index (χ1n) is 8.58. The van der Waals surface area contributed by atoms with Gasteiger partial charge in [-0.15, -0.1) is 0 Å². The molecular weight excluding hydrogens is 330 g/mol. The van der Waals surface area contributed by atoms with Crippen molar-refractivity contribution in [2.75, 3.05) is 0 Å². The second-order valence-corrected chi connectivity index (χ2v) is 6.83. The molecule has 132 valence electrons. The quantitative estimate of drug-likeness (QED) is 0.768. The predicted molar refractivity (Wildman–Crippen MR) is 98.0 cm³/mol. The van der Waals surface area contributed by atoms with Crippen LogP contribution in [0.1, 0.15) is 23.2 Å². The average molecular weight is 349 g/mol. The van der Waals surface area contributed by atoms with Gasteiger partial charge in [-0.1, -0.05) is 12.1 Å². The zero-order valence-corrected chi connectivity index (χ0v) is 14.4. The zero-order valence-electron chi connectivity index (χ0n) is 14.4. The number of nitrogens with zero attached hydrogens (tertiary/aromatic N) is 3. The molecule has 1 saturated carbocycles. The molecule has 0 unspecified atom stereocenters. The van der Waals surface area contributed by atoms with Gasteiger partial charge in [-0.05, 0) is 42.0 Å². The van der Waals surface area contributed by atoms with Crippen LogP contribution < -0.4 is 5.56 Å². The van der Waals surface area contributed by atoms with Crippen LogP contribution in [0.3, 0.4) is 0 Å². The molecule has 6 nitrogen and oxygen atoms in total. The summed E-state index contributed by atoms with van der Waals surface area (Å²) in [7, 11) is 1.72. The Morgan fingerprint density at radius 1 is 1.15 bits per heavy atom. The fraction of sp³-hybridized carbons (Fsp3) is 0.250. The van der Waals surface area contributed by atoms with Gasteiger partial charge in [0.2, 0.25) is 0 Å². The number of carboxylic acids is 1. The first-order valence-corrected chi connectivity index (χ1v) is 8.58. The lowest BCUT2D eigenvalue weighted by Crippen LogP contribution is -2.15. The Bertz CT molecular complexity index is 1030. The number of hydrogen-bond donors (Lipinski definition) is 1. The Morgan fingerprint density at radius 2 is 1.88 bits per heavy atom. The van der Waals surface area contributed by atoms with E-state index in [0.717, 1.165) is 34.7 Å². The lowest BCUT2D eigenvalue weighted by molar-refractivity contribution is 0.0697. The number of aromatic carboxylic acids is 1. The van der Waals surface area contributed by atoms with Crippen LogP contribution in [0.2, 0.25) is 0 Å². The smallest absolute Gasteiger partial charge is 0.335 e. The maximum absolute atomic E-state index is 12.2. The first-order chi connectivity index (χ1) is 12.5. The predicted octanol–water partition coefficient (Wildman–Crippen LogP) is 3.02. The van der Waals surface area contributed by atoms with Crippen molar-refractivity contribution in [2.24, 2.45) is 13.0 Å². The van der Waals surface area contributed by atoms with Crippen LogP contribution >= 0.6 is 0 Å². The van der Waals surface area contributed by atoms with Gasteiger partial charge in [0.25, 0.3) is 5.56 Å². The Hall–Kier alpha value is -3.15. The van der Waals surface area contributed by atoms with E-state index >= 15 is 0 Å². The highest BCUT2D eigenvalue weighted by molar-refractivity contribution is 5.89. The number of carbonyl (C=O) groups is 1. The summed E-state index contributed by atoms with van der Waals surface area (Å²) in [5.41, 5.74) is 3.53. The van der Waals surface area contributed by atoms with Crippen molar-refractivity contribution in [1.29, 1.82) is 0 Å². The summed E-state index contributed by atoms with van der Waals surface area (Å²) in [6, 6.07) is 8.15. The summed E-state index contributed by atoms with van der Waals surface area (Å²) in [5.74, 6) is -0.243. The fourth-order valence-electron chi connectivity index (χ4n) is 3.06. The van der Waals surface area contributed by atoms with Crippen LogP contribution in [0.5, 0.6) is 0 Å². The summed E-state index contributed by atoms with van der Waals surface area (Å²) < 4.78 is 3.50. The Balaban J connectivity index is 1.78. The van der Waals surface area contributed by atoms with Crippen molar-refractivity contribution in [2.45, 2.75) is 19.4 Å². The molecule has 1 aliphatic rings. The second-order valence-electron chi connectivity index (χ2n) is 6.83. The van der Waals surface area contributed by atoms with E-state index in [1.165, 1.54) is 12.8 Å². The molecular formula is C20H19N3O3. The van der Waals surface area contributed by atoms with Crippen LogP contribution in [0, 0.1) is 5.92 Å². The first kappa shape index (κ1) is 16.3. The van der Waals surface area contributed by atoms with Crippen LogP contribution in [0.25, 0.3) is 22.3 Å². The highest BCUT2D eigenvalue weighted by atomic mass is 16.4. The number of aromatic nitrogens is 3. The van der Waals surface area contributed by atoms with E-state index in [2.05, 4.69) is 5.10 Å². The molecule has 0 spiro atoms. The number of hydrogen-bond acceptors (Lipinski definition) is 3. The average Bonchev–Trinajstić information content (AvgIpc) is 3.32. The van der Waals surface area contributed by atoms with Gasteiger partial charge in [0.05, 0.1) is 11.8 Å². The molecule has 0 bridgehead atoms. The van der Waals surface area contributed by atoms with Crippen molar-refractivity contribution < 1.29 is 9.90 Å². The van der Waals surface area contributed by atoms with Crippen LogP contribution in [-0.4, -0.2) is 25.4 Å². The largest absolute Gasteiger partial charge is 0.478 e. The second kappa shape index (κ2) is 6.29. The van der Waals surface area contributed by atoms with Gasteiger partial charge in [0.1, 0.15) is 0 Å². The van der Waals surface area contributed by atoms with Gasteiger partial charge in [-0.25, -0.2) is 4.79 Å². The van der Waals surface area contributed by atoms with Gasteiger partial charge < -0.3 is 9.67 Å². The van der Waals surface area contributed by atoms with E-state index < -0.39 is 5.97 Å². The minimum absolute atomic E-state index is 0.114. The third kappa shape index (κ3) is 3.18. The highest BCUT2D eigenvalue weighted by Crippen LogP contribution is 2.33. The van der Waals surface area contributed by atoms with E-state index in [1.54, 1.807) is 48.1 Å². The van der Waals surface area contributed by atoms with Crippen molar-refractivity contribution in [3.8, 4) is 22.3 Å². The SMILES string of the molecule is Cn1cc(-c2cnn(CC3CC3)c2)c(-c2ccc(C(=O)O)cc2)cc1=O. The summed E-state index contributed by atoms with van der Waals surface area (Å²) in [6.45, 7) is 0.925. The van der Waals surface area contributed by atoms with E-state index in [-0.39, 0.29) is 11.1 Å². The lowest BCUT2D eigenvalue weighted by atomic mass is 9.97. The van der Waals surface area contributed by atoms with Crippen LogP contribution in [0.4, 0.5) is 0 Å². The van der Waals surface area contributed by atoms with E-state index in [0.29, 0.717) is 0 Å². The maximum Gasteiger partial charge on any atom is 0.335 e. The minimum Gasteiger partial charge on any atom is -0.478 e. The summed E-state index contributed by atoms with van der Waals surface area (Å²) in [6.07, 6.45) is 8.15. The molecule has 2 aromatic heterocycles. The lowest BCUT2D eigenvalue weighted by Gasteiger charge is -2.10. The Labute approximate surface area is 150 Å². The van der Waals surface area contributed by atoms with Gasteiger partial charge >= 0.3 is 5.97 Å². The molecule has 0 saturated heterocycles. The summed E-state index contributed by atoms with van der Waals surface area (Å²) in [4.78, 5) is 23.2. The molecule has 3 aromatic rings. The maximum atomic E-state index is 12.2. The number of rotatable bonds is 5. The molecule has 2 heterocycles. The van der Waals surface area contributed by atoms with Gasteiger partial charge in [0.15, 0.2) is 0 Å². The standard InChI is InChI=1S/C20H19N3O3/c1-22-12-18(16-9-21-23(11-16)10-13-2-3-13)17(8-19(22)24)14-4-6-15(7-5-14)20(25)26/h4-9,11-13H,2-3,10H2,1H3,(H,25,26). The molecule has 26 heavy (non-hydrogen) atoms. The normalized spacial score (nSPS) is 13.7. The minimum atomic E-state index is -0.970. The van der Waals surface area contributed by atoms with Gasteiger partial charge in [-0.2, -0.15) is 5.10 Å². The summed E-state index contributed by atoms with van der Waals surface area (Å²) in [5, 5.41) is 13.5. The number of benzene rings is 1. The number of pyridine rings is 1. The zero-order chi connectivity index (χ0) is 18.3. The molecule has 0 atom stereocenters. The Morgan fingerprint density at radius 3 is 2.54 bits per heavy atom. The number of carboxylic acid groups (broad SMARTS) is 1. The van der Waals surface area contributed by atoms with E-state index in [1.807, 2.05) is 17.1 Å². The Kier molecular flexibility index (Phi) is 3.95. The molecule has 1 aliphatic carbocycles. The van der Waals surface area contributed by atoms with Crippen molar-refractivity contribution >= 4 is 5.97 Å². The molecule has 0 radical (unpaired) electrons. The number of aryl methyl sites for hydroxylation is 1. The third-order valence-electron chi connectivity index (χ3n) is 4.76. The third-order valence-corrected chi connectivity index (χ3v) is 4.76. The van der Waals surface area contributed by atoms with Gasteiger partial charge in [-0.3, -0.25) is 9.48 Å². The molecule has 6 heteroatoms. The fourth-order valence-corrected chi connectivity index (χ4v) is 3.06. The van der Waals surface area contributed by atoms with Crippen molar-refractivity contribution in [1.82, 2.24) is 14.3 Å². The monoisotopic (exact) mass is 349 g/mol. The molecule has 1 fully saturated rings. The molecule has 1 N–H and O–H groups in total. The topological polar surface area (TPSA) is 77.1 Å². The van der Waals surface area contributed by atoms with E-state index in [4.69, 9.17) is 5.11 Å². The van der Waals surface area contributed by atoms with Gasteiger partial charge in [0, 0.05) is 43.2 Å². The molecule has 4 rings (SSSR count). The summed E-state index contributed by atoms with van der Waals surface area (Å²) >= 11 is 0. The van der Waals surface area contributed by atoms with Crippen LogP contribution in [0.15, 0.2) is 53.7 Å². The van der Waals surface area contributed by atoms with Crippen molar-refractivity contribution in [3.63, 3.8) is 0 Å². The molecule has 0 aliphatic heterocycles. The van der Waals surface area contributed by atoms with E-state index in [9.17, 15) is 9.59 Å². The van der Waals surface area contributed by atoms with Crippen LogP contribution in [-0.2, 0) is 13.6 Å².